The third kappa shape index (κ3) is 6.12. The average Bonchev–Trinajstić information content (AvgIpc) is 3.95. The van der Waals surface area contributed by atoms with E-state index in [2.05, 4.69) is 188 Å². The molecule has 0 aliphatic rings. The van der Waals surface area contributed by atoms with Crippen LogP contribution in [0.25, 0.3) is 129 Å². The Kier molecular flexibility index (Phi) is 8.58. The van der Waals surface area contributed by atoms with Gasteiger partial charge in [0.15, 0.2) is 5.82 Å². The molecule has 0 bridgehead atoms. The summed E-state index contributed by atoms with van der Waals surface area (Å²) in [7, 11) is 0. The maximum absolute atomic E-state index is 5.48. The summed E-state index contributed by atoms with van der Waals surface area (Å²) in [6.07, 6.45) is 0. The van der Waals surface area contributed by atoms with Gasteiger partial charge in [0.2, 0.25) is 0 Å². The first kappa shape index (κ1) is 36.8. The lowest BCUT2D eigenvalue weighted by molar-refractivity contribution is 1.18. The van der Waals surface area contributed by atoms with Gasteiger partial charge in [-0.3, -0.25) is 0 Å². The number of fused-ring (bicyclic) bond motifs is 10. The van der Waals surface area contributed by atoms with Gasteiger partial charge in [-0.05, 0) is 59.2 Å². The second kappa shape index (κ2) is 14.9. The number of benzene rings is 9. The normalized spacial score (nSPS) is 11.8. The first-order valence-electron chi connectivity index (χ1n) is 21.5. The molecule has 4 aromatic heterocycles. The molecule has 9 aromatic carbocycles. The fraction of sp³-hybridized carbons (Fsp3) is 0. The quantitative estimate of drug-likeness (QED) is 0.156. The third-order valence-electron chi connectivity index (χ3n) is 12.5. The fourth-order valence-electron chi connectivity index (χ4n) is 9.38. The number of pyridine rings is 1. The molecule has 298 valence electrons. The van der Waals surface area contributed by atoms with Crippen LogP contribution in [-0.4, -0.2) is 15.0 Å². The minimum absolute atomic E-state index is 0.701. The Labute approximate surface area is 377 Å². The van der Waals surface area contributed by atoms with Crippen molar-refractivity contribution in [3.8, 4) is 67.4 Å². The molecular weight excluding hydrogens is 815 g/mol. The summed E-state index contributed by atoms with van der Waals surface area (Å²) >= 11 is 3.72. The monoisotopic (exact) mass is 849 g/mol. The van der Waals surface area contributed by atoms with Crippen LogP contribution in [0.15, 0.2) is 212 Å². The highest BCUT2D eigenvalue weighted by atomic mass is 32.1. The highest BCUT2D eigenvalue weighted by Crippen LogP contribution is 2.48. The summed E-state index contributed by atoms with van der Waals surface area (Å²) in [6, 6.07) is 76.0. The van der Waals surface area contributed by atoms with Crippen LogP contribution in [-0.2, 0) is 0 Å². The lowest BCUT2D eigenvalue weighted by atomic mass is 9.91. The molecule has 64 heavy (non-hydrogen) atoms. The fourth-order valence-corrected chi connectivity index (χ4v) is 11.7. The summed E-state index contributed by atoms with van der Waals surface area (Å²) in [5.41, 5.74) is 12.6. The van der Waals surface area contributed by atoms with E-state index in [4.69, 9.17) is 15.0 Å². The highest BCUT2D eigenvalue weighted by molar-refractivity contribution is 7.26. The van der Waals surface area contributed by atoms with Crippen molar-refractivity contribution in [2.45, 2.75) is 0 Å². The average molecular weight is 850 g/mol. The van der Waals surface area contributed by atoms with Gasteiger partial charge in [-0.2, -0.15) is 0 Å². The van der Waals surface area contributed by atoms with Crippen LogP contribution in [0.5, 0.6) is 0 Å². The van der Waals surface area contributed by atoms with Crippen LogP contribution in [0, 0.1) is 0 Å². The minimum Gasteiger partial charge on any atom is -0.247 e. The number of hydrogen-bond donors (Lipinski definition) is 0. The number of thiophene rings is 2. The van der Waals surface area contributed by atoms with Gasteiger partial charge in [0.05, 0.1) is 22.6 Å². The topological polar surface area (TPSA) is 38.7 Å². The van der Waals surface area contributed by atoms with Gasteiger partial charge in [-0.1, -0.05) is 170 Å². The Balaban J connectivity index is 0.993. The second-order valence-corrected chi connectivity index (χ2v) is 18.4. The van der Waals surface area contributed by atoms with Crippen molar-refractivity contribution in [3.05, 3.63) is 212 Å². The molecule has 13 aromatic rings. The van der Waals surface area contributed by atoms with Crippen molar-refractivity contribution in [1.29, 1.82) is 0 Å². The second-order valence-electron chi connectivity index (χ2n) is 16.3. The minimum atomic E-state index is 0.701. The first-order chi connectivity index (χ1) is 31.7. The van der Waals surface area contributed by atoms with E-state index in [-0.39, 0.29) is 0 Å². The molecule has 0 aliphatic carbocycles. The predicted octanol–water partition coefficient (Wildman–Crippen LogP) is 16.9. The van der Waals surface area contributed by atoms with Crippen molar-refractivity contribution in [2.24, 2.45) is 0 Å². The number of nitrogens with zero attached hydrogens (tertiary/aromatic N) is 3. The van der Waals surface area contributed by atoms with Gasteiger partial charge < -0.3 is 0 Å². The highest BCUT2D eigenvalue weighted by Gasteiger charge is 2.21. The van der Waals surface area contributed by atoms with Crippen LogP contribution in [0.2, 0.25) is 0 Å². The van der Waals surface area contributed by atoms with Crippen LogP contribution >= 0.6 is 22.7 Å². The van der Waals surface area contributed by atoms with E-state index in [9.17, 15) is 0 Å². The number of rotatable bonds is 6. The maximum Gasteiger partial charge on any atom is 0.160 e. The van der Waals surface area contributed by atoms with Gasteiger partial charge >= 0.3 is 0 Å². The molecule has 0 fully saturated rings. The summed E-state index contributed by atoms with van der Waals surface area (Å²) in [5, 5.41) is 8.68. The van der Waals surface area contributed by atoms with E-state index in [1.54, 1.807) is 0 Å². The summed E-state index contributed by atoms with van der Waals surface area (Å²) < 4.78 is 5.14. The summed E-state index contributed by atoms with van der Waals surface area (Å²) in [4.78, 5) is 15.8. The van der Waals surface area contributed by atoms with E-state index >= 15 is 0 Å². The smallest absolute Gasteiger partial charge is 0.160 e. The van der Waals surface area contributed by atoms with Crippen molar-refractivity contribution < 1.29 is 0 Å². The summed E-state index contributed by atoms with van der Waals surface area (Å²) in [6.45, 7) is 0. The molecule has 3 nitrogen and oxygen atoms in total. The van der Waals surface area contributed by atoms with Gasteiger partial charge in [-0.25, -0.2) is 15.0 Å². The van der Waals surface area contributed by atoms with Crippen LogP contribution < -0.4 is 0 Å². The van der Waals surface area contributed by atoms with Crippen molar-refractivity contribution >= 4 is 84.7 Å². The molecule has 4 heterocycles. The molecule has 0 aliphatic heterocycles. The number of para-hydroxylation sites is 1. The predicted molar refractivity (Wildman–Crippen MR) is 273 cm³/mol. The molecule has 0 saturated heterocycles. The molecule has 0 spiro atoms. The van der Waals surface area contributed by atoms with Gasteiger partial charge in [-0.15, -0.1) is 22.7 Å². The van der Waals surface area contributed by atoms with Crippen molar-refractivity contribution in [3.63, 3.8) is 0 Å². The van der Waals surface area contributed by atoms with E-state index in [1.807, 2.05) is 46.9 Å². The zero-order valence-corrected chi connectivity index (χ0v) is 36.0. The van der Waals surface area contributed by atoms with Crippen LogP contribution in [0.4, 0.5) is 0 Å². The van der Waals surface area contributed by atoms with Crippen molar-refractivity contribution in [1.82, 2.24) is 15.0 Å². The maximum atomic E-state index is 5.48. The SMILES string of the molecule is c1ccc(-c2ccc(-c3cc(-c4ccc(-c5cc6c(-c7ccc8sc9ccccc9c8c7)nc7ccccc7c6c6c5sc5ccccc56)cc4)nc(-c4ccccc4)n3)cc2)cc1. The summed E-state index contributed by atoms with van der Waals surface area (Å²) in [5.74, 6) is 0.701. The Morgan fingerprint density at radius 3 is 1.55 bits per heavy atom. The lowest BCUT2D eigenvalue weighted by Gasteiger charge is -2.15. The van der Waals surface area contributed by atoms with Crippen molar-refractivity contribution in [2.75, 3.05) is 0 Å². The van der Waals surface area contributed by atoms with Gasteiger partial charge in [0.25, 0.3) is 0 Å². The molecule has 0 amide bonds. The van der Waals surface area contributed by atoms with E-state index in [0.29, 0.717) is 5.82 Å². The number of hydrogen-bond acceptors (Lipinski definition) is 5. The van der Waals surface area contributed by atoms with Gasteiger partial charge in [0.1, 0.15) is 0 Å². The standard InChI is InChI=1S/C59H35N3S2/c1-3-13-36(14-4-1)37-23-27-39(28-24-37)50-35-51(62-59(61-50)41-15-5-2-6-16-41)40-29-25-38(26-30-40)46-34-48-55(56-45-19-9-12-22-53(45)64-58(46)56)44-18-7-10-20-49(44)60-57(48)42-31-32-54-47(33-42)43-17-8-11-21-52(43)63-54/h1-35H. The third-order valence-corrected chi connectivity index (χ3v) is 14.9. The number of aromatic nitrogens is 3. The Morgan fingerprint density at radius 2 is 0.828 bits per heavy atom. The molecule has 13 rings (SSSR count). The Bertz CT molecular complexity index is 3930. The first-order valence-corrected chi connectivity index (χ1v) is 23.1. The van der Waals surface area contributed by atoms with E-state index in [1.165, 1.54) is 67.8 Å². The molecule has 5 heteroatoms. The van der Waals surface area contributed by atoms with Crippen LogP contribution in [0.1, 0.15) is 0 Å². The molecule has 0 atom stereocenters. The zero-order chi connectivity index (χ0) is 42.1. The Morgan fingerprint density at radius 1 is 0.297 bits per heavy atom. The lowest BCUT2D eigenvalue weighted by Crippen LogP contribution is -1.96. The molecule has 0 radical (unpaired) electrons. The molecule has 0 N–H and O–H groups in total. The van der Waals surface area contributed by atoms with Gasteiger partial charge in [0, 0.05) is 84.3 Å². The molecular formula is C59H35N3S2. The molecule has 0 saturated carbocycles. The van der Waals surface area contributed by atoms with E-state index < -0.39 is 0 Å². The van der Waals surface area contributed by atoms with E-state index in [0.717, 1.165) is 55.8 Å². The Hall–Kier alpha value is -7.83. The molecule has 0 unspecified atom stereocenters. The zero-order valence-electron chi connectivity index (χ0n) is 34.4. The van der Waals surface area contributed by atoms with Crippen LogP contribution in [0.3, 0.4) is 0 Å². The largest absolute Gasteiger partial charge is 0.247 e.